The van der Waals surface area contributed by atoms with E-state index in [2.05, 4.69) is 4.99 Å². The summed E-state index contributed by atoms with van der Waals surface area (Å²) >= 11 is 0. The van der Waals surface area contributed by atoms with Crippen LogP contribution in [0.15, 0.2) is 38.5 Å². The highest BCUT2D eigenvalue weighted by molar-refractivity contribution is 6.15. The van der Waals surface area contributed by atoms with Crippen LogP contribution in [0.4, 0.5) is 0 Å². The van der Waals surface area contributed by atoms with Gasteiger partial charge in [0.05, 0.1) is 0 Å². The van der Waals surface area contributed by atoms with Crippen molar-refractivity contribution in [1.29, 1.82) is 0 Å². The zero-order valence-corrected chi connectivity index (χ0v) is 12.1. The van der Waals surface area contributed by atoms with E-state index in [9.17, 15) is 14.7 Å². The van der Waals surface area contributed by atoms with Crippen molar-refractivity contribution in [3.05, 3.63) is 51.4 Å². The minimum Gasteiger partial charge on any atom is -0.507 e. The number of benzene rings is 2. The second kappa shape index (κ2) is 5.11. The third-order valence-corrected chi connectivity index (χ3v) is 3.64. The van der Waals surface area contributed by atoms with Gasteiger partial charge in [0.15, 0.2) is 6.29 Å². The van der Waals surface area contributed by atoms with Crippen molar-refractivity contribution in [1.82, 2.24) is 0 Å². The monoisotopic (exact) mass is 295 g/mol. The lowest BCUT2D eigenvalue weighted by Crippen LogP contribution is -2.00. The van der Waals surface area contributed by atoms with Crippen LogP contribution in [-0.2, 0) is 0 Å². The minimum absolute atomic E-state index is 0.00254. The Hall–Kier alpha value is -2.95. The first kappa shape index (κ1) is 14.0. The summed E-state index contributed by atoms with van der Waals surface area (Å²) in [6.45, 7) is 1.80. The third-order valence-electron chi connectivity index (χ3n) is 3.64. The minimum atomic E-state index is -0.493. The third kappa shape index (κ3) is 1.98. The Balaban J connectivity index is 2.62. The highest BCUT2D eigenvalue weighted by Crippen LogP contribution is 2.35. The molecule has 0 bridgehead atoms. The van der Waals surface area contributed by atoms with Crippen molar-refractivity contribution in [3.63, 3.8) is 0 Å². The van der Waals surface area contributed by atoms with E-state index < -0.39 is 5.63 Å². The van der Waals surface area contributed by atoms with Crippen molar-refractivity contribution < 1.29 is 14.3 Å². The van der Waals surface area contributed by atoms with Crippen molar-refractivity contribution >= 4 is 34.2 Å². The standard InChI is InChI=1S/C17H13NO4/c1-9-5-14(20)22-17-12(9)3-4-13-15(17)11(8-19)6-10(7-18-2)16(13)21/h3-8,21H,1-2H3. The topological polar surface area (TPSA) is 79.9 Å². The maximum atomic E-state index is 11.7. The van der Waals surface area contributed by atoms with Gasteiger partial charge in [-0.3, -0.25) is 9.79 Å². The molecule has 1 heterocycles. The molecule has 2 aromatic carbocycles. The van der Waals surface area contributed by atoms with Crippen LogP contribution in [-0.4, -0.2) is 24.7 Å². The van der Waals surface area contributed by atoms with Gasteiger partial charge in [0.1, 0.15) is 11.3 Å². The number of aldehydes is 1. The second-order valence-electron chi connectivity index (χ2n) is 5.02. The van der Waals surface area contributed by atoms with Gasteiger partial charge in [-0.15, -0.1) is 0 Å². The molecular weight excluding hydrogens is 282 g/mol. The van der Waals surface area contributed by atoms with Gasteiger partial charge in [-0.05, 0) is 24.6 Å². The fraction of sp³-hybridized carbons (Fsp3) is 0.118. The first-order chi connectivity index (χ1) is 10.6. The lowest BCUT2D eigenvalue weighted by Gasteiger charge is -2.10. The number of carbonyl (C=O) groups excluding carboxylic acids is 1. The molecule has 0 aliphatic rings. The number of fused-ring (bicyclic) bond motifs is 3. The molecule has 0 saturated carbocycles. The number of carbonyl (C=O) groups is 1. The number of phenols is 1. The first-order valence-electron chi connectivity index (χ1n) is 6.67. The summed E-state index contributed by atoms with van der Waals surface area (Å²) in [5.74, 6) is -0.00254. The molecule has 5 nitrogen and oxygen atoms in total. The fourth-order valence-corrected chi connectivity index (χ4v) is 2.66. The molecule has 0 saturated heterocycles. The Morgan fingerprint density at radius 2 is 1.91 bits per heavy atom. The average molecular weight is 295 g/mol. The van der Waals surface area contributed by atoms with Crippen LogP contribution in [0.5, 0.6) is 5.75 Å². The molecule has 3 rings (SSSR count). The Morgan fingerprint density at radius 3 is 2.59 bits per heavy atom. The summed E-state index contributed by atoms with van der Waals surface area (Å²) in [6.07, 6.45) is 2.15. The molecule has 1 aromatic heterocycles. The first-order valence-corrected chi connectivity index (χ1v) is 6.67. The van der Waals surface area contributed by atoms with Gasteiger partial charge >= 0.3 is 5.63 Å². The van der Waals surface area contributed by atoms with Gasteiger partial charge in [-0.1, -0.05) is 6.07 Å². The largest absolute Gasteiger partial charge is 0.507 e. The van der Waals surface area contributed by atoms with Crippen LogP contribution in [0.1, 0.15) is 21.5 Å². The quantitative estimate of drug-likeness (QED) is 0.341. The van der Waals surface area contributed by atoms with Crippen molar-refractivity contribution in [3.8, 4) is 5.75 Å². The average Bonchev–Trinajstić information content (AvgIpc) is 2.49. The number of aliphatic imine (C=N–C) groups is 1. The molecule has 0 radical (unpaired) electrons. The van der Waals surface area contributed by atoms with Gasteiger partial charge < -0.3 is 9.52 Å². The molecule has 22 heavy (non-hydrogen) atoms. The summed E-state index contributed by atoms with van der Waals surface area (Å²) in [5, 5.41) is 12.0. The van der Waals surface area contributed by atoms with E-state index in [1.165, 1.54) is 18.3 Å². The lowest BCUT2D eigenvalue weighted by molar-refractivity contribution is 0.112. The molecular formula is C17H13NO4. The highest BCUT2D eigenvalue weighted by atomic mass is 16.4. The summed E-state index contributed by atoms with van der Waals surface area (Å²) in [5.41, 5.74) is 1.34. The number of hydrogen-bond donors (Lipinski definition) is 1. The number of rotatable bonds is 2. The van der Waals surface area contributed by atoms with Gasteiger partial charge in [-0.25, -0.2) is 4.79 Å². The van der Waals surface area contributed by atoms with Crippen molar-refractivity contribution in [2.75, 3.05) is 7.05 Å². The van der Waals surface area contributed by atoms with Crippen molar-refractivity contribution in [2.45, 2.75) is 6.92 Å². The maximum Gasteiger partial charge on any atom is 0.336 e. The van der Waals surface area contributed by atoms with E-state index in [0.717, 1.165) is 10.9 Å². The van der Waals surface area contributed by atoms with E-state index in [1.807, 2.05) is 0 Å². The predicted octanol–water partition coefficient (Wildman–Crippen LogP) is 2.82. The van der Waals surface area contributed by atoms with Gasteiger partial charge in [0.2, 0.25) is 0 Å². The van der Waals surface area contributed by atoms with Gasteiger partial charge in [0.25, 0.3) is 0 Å². The predicted molar refractivity (Wildman–Crippen MR) is 85.3 cm³/mol. The van der Waals surface area contributed by atoms with Crippen LogP contribution in [0.3, 0.4) is 0 Å². The molecule has 0 amide bonds. The fourth-order valence-electron chi connectivity index (χ4n) is 2.66. The van der Waals surface area contributed by atoms with Crippen LogP contribution in [0.2, 0.25) is 0 Å². The molecule has 3 aromatic rings. The van der Waals surface area contributed by atoms with Gasteiger partial charge in [0, 0.05) is 46.6 Å². The number of hydrogen-bond acceptors (Lipinski definition) is 5. The van der Waals surface area contributed by atoms with Crippen LogP contribution in [0.25, 0.3) is 21.7 Å². The van der Waals surface area contributed by atoms with Crippen LogP contribution >= 0.6 is 0 Å². The summed E-state index contributed by atoms with van der Waals surface area (Å²) < 4.78 is 5.29. The second-order valence-corrected chi connectivity index (χ2v) is 5.02. The SMILES string of the molecule is CN=Cc1cc(C=O)c2c(ccc3c(C)cc(=O)oc32)c1O. The van der Waals surface area contributed by atoms with Crippen molar-refractivity contribution in [2.24, 2.45) is 4.99 Å². The zero-order valence-electron chi connectivity index (χ0n) is 12.1. The molecule has 0 aliphatic heterocycles. The summed E-state index contributed by atoms with van der Waals surface area (Å²) in [4.78, 5) is 27.0. The van der Waals surface area contributed by atoms with E-state index >= 15 is 0 Å². The van der Waals surface area contributed by atoms with Crippen LogP contribution in [0, 0.1) is 6.92 Å². The highest BCUT2D eigenvalue weighted by Gasteiger charge is 2.15. The molecule has 0 atom stereocenters. The Bertz CT molecular complexity index is 999. The normalized spacial score (nSPS) is 11.5. The van der Waals surface area contributed by atoms with Crippen LogP contribution < -0.4 is 5.63 Å². The lowest BCUT2D eigenvalue weighted by atomic mass is 9.97. The number of phenolic OH excluding ortho intramolecular Hbond substituents is 1. The molecule has 1 N–H and O–H groups in total. The zero-order chi connectivity index (χ0) is 15.9. The molecule has 0 fully saturated rings. The Morgan fingerprint density at radius 1 is 1.18 bits per heavy atom. The molecule has 5 heteroatoms. The summed E-state index contributed by atoms with van der Waals surface area (Å²) in [7, 11) is 1.58. The van der Waals surface area contributed by atoms with E-state index in [1.54, 1.807) is 26.1 Å². The number of aromatic hydroxyl groups is 1. The van der Waals surface area contributed by atoms with Gasteiger partial charge in [-0.2, -0.15) is 0 Å². The molecule has 0 spiro atoms. The summed E-state index contributed by atoms with van der Waals surface area (Å²) in [6, 6.07) is 6.39. The Labute approximate surface area is 125 Å². The van der Waals surface area contributed by atoms with E-state index in [0.29, 0.717) is 33.8 Å². The van der Waals surface area contributed by atoms with E-state index in [4.69, 9.17) is 4.42 Å². The van der Waals surface area contributed by atoms with E-state index in [-0.39, 0.29) is 5.75 Å². The Kier molecular flexibility index (Phi) is 3.25. The number of aryl methyl sites for hydroxylation is 1. The molecule has 110 valence electrons. The molecule has 0 unspecified atom stereocenters. The molecule has 0 aliphatic carbocycles. The smallest absolute Gasteiger partial charge is 0.336 e. The maximum absolute atomic E-state index is 11.7. The number of nitrogens with zero attached hydrogens (tertiary/aromatic N) is 1.